The molecule has 0 atom stereocenters. The van der Waals surface area contributed by atoms with E-state index in [-0.39, 0.29) is 17.3 Å². The second kappa shape index (κ2) is 3.55. The van der Waals surface area contributed by atoms with Crippen molar-refractivity contribution in [3.63, 3.8) is 0 Å². The normalized spacial score (nSPS) is 21.7. The molecule has 0 nitrogen and oxygen atoms in total. The maximum atomic E-state index is 12.4. The first-order valence-electron chi connectivity index (χ1n) is 5.22. The molecule has 13 heavy (non-hydrogen) atoms. The van der Waals surface area contributed by atoms with E-state index in [0.717, 1.165) is 25.7 Å². The van der Waals surface area contributed by atoms with Crippen LogP contribution in [-0.2, 0) is 0 Å². The Bertz CT molecular complexity index is 169. The van der Waals surface area contributed by atoms with Gasteiger partial charge in [0.1, 0.15) is 0 Å². The Morgan fingerprint density at radius 3 is 2.08 bits per heavy atom. The number of halogens is 2. The van der Waals surface area contributed by atoms with E-state index in [0.29, 0.717) is 0 Å². The Kier molecular flexibility index (Phi) is 2.98. The molecule has 0 aromatic heterocycles. The van der Waals surface area contributed by atoms with Gasteiger partial charge in [0.15, 0.2) is 0 Å². The molecule has 0 aromatic rings. The number of hydrogen-bond donors (Lipinski definition) is 0. The van der Waals surface area contributed by atoms with E-state index < -0.39 is 6.43 Å². The first kappa shape index (κ1) is 10.9. The van der Waals surface area contributed by atoms with E-state index in [1.54, 1.807) is 0 Å². The summed E-state index contributed by atoms with van der Waals surface area (Å²) in [6, 6.07) is 0. The minimum absolute atomic E-state index is 0.0596. The van der Waals surface area contributed by atoms with Gasteiger partial charge in [-0.1, -0.05) is 33.6 Å². The van der Waals surface area contributed by atoms with Crippen molar-refractivity contribution in [3.8, 4) is 0 Å². The Morgan fingerprint density at radius 1 is 1.31 bits per heavy atom. The minimum Gasteiger partial charge on any atom is -0.211 e. The third-order valence-electron chi connectivity index (χ3n) is 4.18. The van der Waals surface area contributed by atoms with E-state index >= 15 is 0 Å². The van der Waals surface area contributed by atoms with Gasteiger partial charge in [-0.2, -0.15) is 0 Å². The molecule has 1 rings (SSSR count). The molecule has 1 aliphatic carbocycles. The van der Waals surface area contributed by atoms with Gasteiger partial charge in [0.05, 0.1) is 0 Å². The van der Waals surface area contributed by atoms with Gasteiger partial charge in [-0.25, -0.2) is 8.78 Å². The molecule has 0 spiro atoms. The summed E-state index contributed by atoms with van der Waals surface area (Å²) >= 11 is 0. The van der Waals surface area contributed by atoms with Crippen LogP contribution in [0.1, 0.15) is 52.9 Å². The molecular formula is C11H20F2. The molecule has 0 N–H and O–H groups in total. The van der Waals surface area contributed by atoms with Crippen LogP contribution in [0.15, 0.2) is 0 Å². The molecule has 0 heterocycles. The molecule has 1 aliphatic rings. The monoisotopic (exact) mass is 190 g/mol. The smallest absolute Gasteiger partial charge is 0.211 e. The van der Waals surface area contributed by atoms with Crippen LogP contribution in [0.5, 0.6) is 0 Å². The standard InChI is InChI=1S/C11H20F2/c1-4-10(2,3)11(6-5-7-11)8-9(12)13/h9H,4-8H2,1-3H3. The van der Waals surface area contributed by atoms with Crippen molar-refractivity contribution in [3.05, 3.63) is 0 Å². The second-order valence-corrected chi connectivity index (χ2v) is 4.97. The van der Waals surface area contributed by atoms with Crippen molar-refractivity contribution in [2.24, 2.45) is 10.8 Å². The van der Waals surface area contributed by atoms with Crippen molar-refractivity contribution in [2.45, 2.75) is 59.3 Å². The molecule has 0 amide bonds. The number of rotatable bonds is 4. The first-order chi connectivity index (χ1) is 5.93. The van der Waals surface area contributed by atoms with E-state index in [9.17, 15) is 8.78 Å². The van der Waals surface area contributed by atoms with Crippen molar-refractivity contribution in [1.29, 1.82) is 0 Å². The summed E-state index contributed by atoms with van der Waals surface area (Å²) in [5.41, 5.74) is 0.0254. The minimum atomic E-state index is -2.13. The first-order valence-corrected chi connectivity index (χ1v) is 5.22. The second-order valence-electron chi connectivity index (χ2n) is 4.97. The lowest BCUT2D eigenvalue weighted by Gasteiger charge is -2.53. The zero-order valence-corrected chi connectivity index (χ0v) is 8.87. The molecular weight excluding hydrogens is 170 g/mol. The zero-order valence-electron chi connectivity index (χ0n) is 8.87. The molecule has 2 heteroatoms. The fourth-order valence-corrected chi connectivity index (χ4v) is 2.43. The van der Waals surface area contributed by atoms with Gasteiger partial charge in [0, 0.05) is 6.42 Å². The van der Waals surface area contributed by atoms with Crippen LogP contribution in [0.4, 0.5) is 8.78 Å². The summed E-state index contributed by atoms with van der Waals surface area (Å²) in [7, 11) is 0. The van der Waals surface area contributed by atoms with Gasteiger partial charge in [-0.05, 0) is 23.7 Å². The highest BCUT2D eigenvalue weighted by atomic mass is 19.3. The Hall–Kier alpha value is -0.140. The molecule has 0 bridgehead atoms. The highest BCUT2D eigenvalue weighted by Gasteiger charge is 2.49. The van der Waals surface area contributed by atoms with Crippen molar-refractivity contribution in [2.75, 3.05) is 0 Å². The summed E-state index contributed by atoms with van der Waals surface area (Å²) < 4.78 is 24.8. The van der Waals surface area contributed by atoms with Crippen LogP contribution in [0, 0.1) is 10.8 Å². The fraction of sp³-hybridized carbons (Fsp3) is 1.00. The fourth-order valence-electron chi connectivity index (χ4n) is 2.43. The molecule has 1 fully saturated rings. The highest BCUT2D eigenvalue weighted by Crippen LogP contribution is 2.58. The van der Waals surface area contributed by atoms with Crippen molar-refractivity contribution >= 4 is 0 Å². The molecule has 0 aliphatic heterocycles. The lowest BCUT2D eigenvalue weighted by Crippen LogP contribution is -2.44. The van der Waals surface area contributed by atoms with Gasteiger partial charge in [-0.15, -0.1) is 0 Å². The Morgan fingerprint density at radius 2 is 1.85 bits per heavy atom. The molecule has 0 aromatic carbocycles. The van der Waals surface area contributed by atoms with Crippen LogP contribution in [0.25, 0.3) is 0 Å². The Labute approximate surface area is 79.7 Å². The largest absolute Gasteiger partial charge is 0.239 e. The topological polar surface area (TPSA) is 0 Å². The SMILES string of the molecule is CCC(C)(C)C1(CC(F)F)CCC1. The average Bonchev–Trinajstić information content (AvgIpc) is 1.96. The lowest BCUT2D eigenvalue weighted by atomic mass is 9.52. The van der Waals surface area contributed by atoms with Gasteiger partial charge in [-0.3, -0.25) is 0 Å². The summed E-state index contributed by atoms with van der Waals surface area (Å²) in [5, 5.41) is 0. The number of hydrogen-bond acceptors (Lipinski definition) is 0. The summed E-state index contributed by atoms with van der Waals surface area (Å²) in [6.45, 7) is 6.37. The molecule has 0 radical (unpaired) electrons. The summed E-state index contributed by atoms with van der Waals surface area (Å²) in [6.07, 6.45) is 2.10. The molecule has 1 saturated carbocycles. The quantitative estimate of drug-likeness (QED) is 0.621. The summed E-state index contributed by atoms with van der Waals surface area (Å²) in [5.74, 6) is 0. The van der Waals surface area contributed by atoms with Crippen LogP contribution >= 0.6 is 0 Å². The van der Waals surface area contributed by atoms with Crippen LogP contribution in [-0.4, -0.2) is 6.43 Å². The molecule has 0 saturated heterocycles. The predicted octanol–water partition coefficient (Wildman–Crippen LogP) is 4.25. The Balaban J connectivity index is 2.69. The van der Waals surface area contributed by atoms with Crippen molar-refractivity contribution < 1.29 is 8.78 Å². The van der Waals surface area contributed by atoms with Gasteiger partial charge < -0.3 is 0 Å². The van der Waals surface area contributed by atoms with Crippen LogP contribution in [0.3, 0.4) is 0 Å². The average molecular weight is 190 g/mol. The third kappa shape index (κ3) is 1.87. The van der Waals surface area contributed by atoms with Crippen molar-refractivity contribution in [1.82, 2.24) is 0 Å². The molecule has 0 unspecified atom stereocenters. The molecule has 78 valence electrons. The van der Waals surface area contributed by atoms with E-state index in [1.807, 2.05) is 0 Å². The van der Waals surface area contributed by atoms with E-state index in [1.165, 1.54) is 0 Å². The van der Waals surface area contributed by atoms with Crippen LogP contribution in [0.2, 0.25) is 0 Å². The number of alkyl halides is 2. The van der Waals surface area contributed by atoms with Gasteiger partial charge >= 0.3 is 0 Å². The third-order valence-corrected chi connectivity index (χ3v) is 4.18. The summed E-state index contributed by atoms with van der Waals surface area (Å²) in [4.78, 5) is 0. The maximum absolute atomic E-state index is 12.4. The highest BCUT2D eigenvalue weighted by molar-refractivity contribution is 4.98. The van der Waals surface area contributed by atoms with Crippen LogP contribution < -0.4 is 0 Å². The lowest BCUT2D eigenvalue weighted by molar-refractivity contribution is -0.0684. The predicted molar refractivity (Wildman–Crippen MR) is 51.0 cm³/mol. The van der Waals surface area contributed by atoms with Gasteiger partial charge in [0.25, 0.3) is 0 Å². The maximum Gasteiger partial charge on any atom is 0.239 e. The zero-order chi connectivity index (χ0) is 10.1. The van der Waals surface area contributed by atoms with Gasteiger partial charge in [0.2, 0.25) is 6.43 Å². The van der Waals surface area contributed by atoms with E-state index in [2.05, 4.69) is 20.8 Å². The van der Waals surface area contributed by atoms with E-state index in [4.69, 9.17) is 0 Å².